The van der Waals surface area contributed by atoms with E-state index in [0.29, 0.717) is 12.2 Å². The van der Waals surface area contributed by atoms with Crippen molar-refractivity contribution in [1.82, 2.24) is 0 Å². The van der Waals surface area contributed by atoms with Crippen molar-refractivity contribution in [3.63, 3.8) is 0 Å². The van der Waals surface area contributed by atoms with E-state index in [1.807, 2.05) is 0 Å². The summed E-state index contributed by atoms with van der Waals surface area (Å²) in [5.74, 6) is 0. The van der Waals surface area contributed by atoms with Gasteiger partial charge in [0.05, 0.1) is 12.2 Å². The lowest BCUT2D eigenvalue weighted by atomic mass is 10.1. The lowest BCUT2D eigenvalue weighted by Crippen LogP contribution is -2.07. The smallest absolute Gasteiger partial charge is 0.399 e. The first kappa shape index (κ1) is 11.8. The molecule has 1 aromatic rings. The van der Waals surface area contributed by atoms with Crippen LogP contribution in [-0.4, -0.2) is 6.61 Å². The van der Waals surface area contributed by atoms with E-state index in [4.69, 9.17) is 10.5 Å². The third kappa shape index (κ3) is 3.43. The maximum Gasteiger partial charge on any atom is 0.416 e. The summed E-state index contributed by atoms with van der Waals surface area (Å²) in [4.78, 5) is 0. The second-order valence-electron chi connectivity index (χ2n) is 3.10. The van der Waals surface area contributed by atoms with Crippen LogP contribution in [0.2, 0.25) is 0 Å². The second kappa shape index (κ2) is 4.53. The fraction of sp³-hybridized carbons (Fsp3) is 0.400. The number of ether oxygens (including phenoxy) is 1. The number of rotatable bonds is 3. The Balaban J connectivity index is 2.95. The highest BCUT2D eigenvalue weighted by Gasteiger charge is 2.30. The molecule has 2 nitrogen and oxygen atoms in total. The lowest BCUT2D eigenvalue weighted by molar-refractivity contribution is -0.137. The van der Waals surface area contributed by atoms with Gasteiger partial charge in [-0.2, -0.15) is 13.2 Å². The van der Waals surface area contributed by atoms with Crippen molar-refractivity contribution in [3.8, 4) is 0 Å². The zero-order valence-corrected chi connectivity index (χ0v) is 8.27. The molecule has 0 aromatic heterocycles. The molecule has 0 saturated heterocycles. The Morgan fingerprint density at radius 2 is 1.93 bits per heavy atom. The molecule has 0 amide bonds. The molecule has 84 valence electrons. The van der Waals surface area contributed by atoms with Gasteiger partial charge < -0.3 is 10.5 Å². The Morgan fingerprint density at radius 3 is 2.47 bits per heavy atom. The van der Waals surface area contributed by atoms with Crippen molar-refractivity contribution >= 4 is 5.69 Å². The Hall–Kier alpha value is -1.23. The highest BCUT2D eigenvalue weighted by Crippen LogP contribution is 2.31. The van der Waals surface area contributed by atoms with Crippen LogP contribution in [0.25, 0.3) is 0 Å². The zero-order chi connectivity index (χ0) is 11.5. The van der Waals surface area contributed by atoms with Crippen LogP contribution < -0.4 is 5.73 Å². The van der Waals surface area contributed by atoms with Crippen molar-refractivity contribution in [2.75, 3.05) is 12.3 Å². The molecule has 0 bridgehead atoms. The molecular weight excluding hydrogens is 207 g/mol. The van der Waals surface area contributed by atoms with Crippen LogP contribution in [0, 0.1) is 0 Å². The highest BCUT2D eigenvalue weighted by molar-refractivity contribution is 5.45. The van der Waals surface area contributed by atoms with Crippen LogP contribution in [-0.2, 0) is 17.5 Å². The Bertz CT molecular complexity index is 336. The van der Waals surface area contributed by atoms with E-state index in [1.54, 1.807) is 6.92 Å². The average molecular weight is 219 g/mol. The number of hydrogen-bond donors (Lipinski definition) is 1. The molecule has 15 heavy (non-hydrogen) atoms. The molecule has 0 saturated carbocycles. The van der Waals surface area contributed by atoms with Crippen molar-refractivity contribution in [2.24, 2.45) is 0 Å². The monoisotopic (exact) mass is 219 g/mol. The van der Waals surface area contributed by atoms with Crippen molar-refractivity contribution in [3.05, 3.63) is 29.3 Å². The lowest BCUT2D eigenvalue weighted by Gasteiger charge is -2.10. The Kier molecular flexibility index (Phi) is 3.57. The first-order chi connectivity index (χ1) is 6.93. The molecule has 0 aliphatic carbocycles. The van der Waals surface area contributed by atoms with Gasteiger partial charge in [0.15, 0.2) is 0 Å². The number of hydrogen-bond acceptors (Lipinski definition) is 2. The number of alkyl halides is 3. The predicted octanol–water partition coefficient (Wildman–Crippen LogP) is 2.82. The molecule has 0 atom stereocenters. The first-order valence-electron chi connectivity index (χ1n) is 4.48. The molecule has 0 spiro atoms. The minimum atomic E-state index is -4.36. The fourth-order valence-electron chi connectivity index (χ4n) is 1.19. The van der Waals surface area contributed by atoms with Gasteiger partial charge in [0.2, 0.25) is 0 Å². The van der Waals surface area contributed by atoms with Crippen molar-refractivity contribution < 1.29 is 17.9 Å². The number of halogens is 3. The van der Waals surface area contributed by atoms with Crippen LogP contribution in [0.15, 0.2) is 18.2 Å². The van der Waals surface area contributed by atoms with Crippen LogP contribution >= 0.6 is 0 Å². The van der Waals surface area contributed by atoms with E-state index in [-0.39, 0.29) is 12.3 Å². The standard InChI is InChI=1S/C10H12F3NO/c1-2-15-6-7-3-8(10(11,12)13)5-9(14)4-7/h3-5H,2,6,14H2,1H3. The summed E-state index contributed by atoms with van der Waals surface area (Å²) in [7, 11) is 0. The van der Waals surface area contributed by atoms with Gasteiger partial charge in [-0.25, -0.2) is 0 Å². The summed E-state index contributed by atoms with van der Waals surface area (Å²) >= 11 is 0. The number of nitrogens with two attached hydrogens (primary N) is 1. The molecule has 5 heteroatoms. The van der Waals surface area contributed by atoms with Crippen LogP contribution in [0.1, 0.15) is 18.1 Å². The van der Waals surface area contributed by atoms with Gasteiger partial charge in [-0.1, -0.05) is 0 Å². The minimum absolute atomic E-state index is 0.0968. The molecule has 1 aromatic carbocycles. The summed E-state index contributed by atoms with van der Waals surface area (Å²) < 4.78 is 42.1. The van der Waals surface area contributed by atoms with E-state index in [1.165, 1.54) is 6.07 Å². The van der Waals surface area contributed by atoms with E-state index in [9.17, 15) is 13.2 Å². The molecule has 0 aliphatic rings. The molecule has 1 rings (SSSR count). The van der Waals surface area contributed by atoms with Crippen LogP contribution in [0.3, 0.4) is 0 Å². The van der Waals surface area contributed by atoms with Gasteiger partial charge >= 0.3 is 6.18 Å². The quantitative estimate of drug-likeness (QED) is 0.793. The number of anilines is 1. The summed E-state index contributed by atoms with van der Waals surface area (Å²) in [5.41, 5.74) is 5.16. The molecule has 2 N–H and O–H groups in total. The third-order valence-electron chi connectivity index (χ3n) is 1.82. The van der Waals surface area contributed by atoms with E-state index >= 15 is 0 Å². The summed E-state index contributed by atoms with van der Waals surface area (Å²) in [6.07, 6.45) is -4.36. The maximum absolute atomic E-state index is 12.4. The third-order valence-corrected chi connectivity index (χ3v) is 1.82. The van der Waals surface area contributed by atoms with E-state index in [2.05, 4.69) is 0 Å². The van der Waals surface area contributed by atoms with E-state index < -0.39 is 11.7 Å². The van der Waals surface area contributed by atoms with E-state index in [0.717, 1.165) is 12.1 Å². The predicted molar refractivity (Wildman–Crippen MR) is 51.2 cm³/mol. The summed E-state index contributed by atoms with van der Waals surface area (Å²) in [6, 6.07) is 3.44. The van der Waals surface area contributed by atoms with Gasteiger partial charge in [-0.3, -0.25) is 0 Å². The summed E-state index contributed by atoms with van der Waals surface area (Å²) in [5, 5.41) is 0. The molecule has 0 radical (unpaired) electrons. The van der Waals surface area contributed by atoms with Gasteiger partial charge in [-0.15, -0.1) is 0 Å². The normalized spacial score (nSPS) is 11.7. The second-order valence-corrected chi connectivity index (χ2v) is 3.10. The topological polar surface area (TPSA) is 35.2 Å². The number of nitrogen functional groups attached to an aromatic ring is 1. The highest BCUT2D eigenvalue weighted by atomic mass is 19.4. The number of benzene rings is 1. The van der Waals surface area contributed by atoms with Crippen molar-refractivity contribution in [1.29, 1.82) is 0 Å². The molecule has 0 aliphatic heterocycles. The maximum atomic E-state index is 12.4. The minimum Gasteiger partial charge on any atom is -0.399 e. The van der Waals surface area contributed by atoms with Gasteiger partial charge in [-0.05, 0) is 30.7 Å². The largest absolute Gasteiger partial charge is 0.416 e. The summed E-state index contributed by atoms with van der Waals surface area (Å²) in [6.45, 7) is 2.37. The molecule has 0 fully saturated rings. The average Bonchev–Trinajstić information content (AvgIpc) is 2.12. The van der Waals surface area contributed by atoms with Crippen molar-refractivity contribution in [2.45, 2.75) is 19.7 Å². The van der Waals surface area contributed by atoms with Crippen LogP contribution in [0.4, 0.5) is 18.9 Å². The zero-order valence-electron chi connectivity index (χ0n) is 8.27. The van der Waals surface area contributed by atoms with Gasteiger partial charge in [0, 0.05) is 12.3 Å². The molecule has 0 unspecified atom stereocenters. The first-order valence-corrected chi connectivity index (χ1v) is 4.48. The molecule has 0 heterocycles. The molecular formula is C10H12F3NO. The fourth-order valence-corrected chi connectivity index (χ4v) is 1.19. The van der Waals surface area contributed by atoms with Gasteiger partial charge in [0.1, 0.15) is 0 Å². The van der Waals surface area contributed by atoms with Crippen LogP contribution in [0.5, 0.6) is 0 Å². The SMILES string of the molecule is CCOCc1cc(N)cc(C(F)(F)F)c1. The Labute approximate surface area is 85.8 Å². The Morgan fingerprint density at radius 1 is 1.27 bits per heavy atom. The van der Waals surface area contributed by atoms with Gasteiger partial charge in [0.25, 0.3) is 0 Å².